The van der Waals surface area contributed by atoms with Crippen molar-refractivity contribution < 1.29 is 24.0 Å². The molecule has 3 aliphatic heterocycles. The zero-order valence-corrected chi connectivity index (χ0v) is 22.8. The zero-order valence-electron chi connectivity index (χ0n) is 22.0. The normalized spacial score (nSPS) is 19.4. The number of pyridine rings is 1. The smallest absolute Gasteiger partial charge is 0.262 e. The summed E-state index contributed by atoms with van der Waals surface area (Å²) in [5.74, 6) is -2.55. The second kappa shape index (κ2) is 10.9. The van der Waals surface area contributed by atoms with E-state index in [1.807, 2.05) is 36.5 Å². The van der Waals surface area contributed by atoms with E-state index in [4.69, 9.17) is 11.6 Å². The van der Waals surface area contributed by atoms with Crippen LogP contribution in [0.2, 0.25) is 5.02 Å². The molecule has 0 aliphatic carbocycles. The molecule has 1 N–H and O–H groups in total. The van der Waals surface area contributed by atoms with Crippen LogP contribution in [-0.2, 0) is 16.1 Å². The lowest BCUT2D eigenvalue weighted by molar-refractivity contribution is -0.136. The van der Waals surface area contributed by atoms with Gasteiger partial charge in [-0.05, 0) is 53.9 Å². The molecule has 1 atom stereocenters. The van der Waals surface area contributed by atoms with Gasteiger partial charge in [-0.3, -0.25) is 44.1 Å². The van der Waals surface area contributed by atoms with E-state index in [1.165, 1.54) is 12.1 Å². The molecule has 10 nitrogen and oxygen atoms in total. The van der Waals surface area contributed by atoms with Crippen molar-refractivity contribution in [1.29, 1.82) is 0 Å². The lowest BCUT2D eigenvalue weighted by atomic mass is 10.0. The van der Waals surface area contributed by atoms with Gasteiger partial charge in [0, 0.05) is 67.7 Å². The van der Waals surface area contributed by atoms with E-state index in [0.717, 1.165) is 21.6 Å². The van der Waals surface area contributed by atoms with E-state index in [-0.39, 0.29) is 29.9 Å². The molecular weight excluding hydrogens is 546 g/mol. The van der Waals surface area contributed by atoms with Gasteiger partial charge in [-0.15, -0.1) is 0 Å². The first-order valence-corrected chi connectivity index (χ1v) is 13.7. The number of hydrogen-bond donors (Lipinski definition) is 1. The molecular formula is C30H26ClN5O5. The Bertz CT molecular complexity index is 1580. The molecule has 2 aromatic carbocycles. The van der Waals surface area contributed by atoms with Gasteiger partial charge in [0.2, 0.25) is 11.8 Å². The number of benzene rings is 2. The van der Waals surface area contributed by atoms with Crippen LogP contribution in [0.25, 0.3) is 11.1 Å². The molecule has 2 fully saturated rings. The van der Waals surface area contributed by atoms with E-state index in [9.17, 15) is 24.0 Å². The Balaban J connectivity index is 1.11. The first-order chi connectivity index (χ1) is 19.8. The fourth-order valence-corrected chi connectivity index (χ4v) is 5.71. The molecule has 208 valence electrons. The minimum Gasteiger partial charge on any atom is -0.336 e. The highest BCUT2D eigenvalue weighted by molar-refractivity contribution is 6.30. The van der Waals surface area contributed by atoms with Gasteiger partial charge >= 0.3 is 0 Å². The number of carbonyl (C=O) groups is 5. The van der Waals surface area contributed by atoms with Gasteiger partial charge in [0.15, 0.2) is 0 Å². The summed E-state index contributed by atoms with van der Waals surface area (Å²) in [5, 5.41) is 2.85. The van der Waals surface area contributed by atoms with Gasteiger partial charge in [0.25, 0.3) is 17.7 Å². The SMILES string of the molecule is O=C1CCC(N2C(=O)c3ccc(C(=O)N4CCN(Cc5ccncc5-c5ccc(Cl)cc5)CC4)cc3C2=O)C(=O)N1. The number of hydrogen-bond acceptors (Lipinski definition) is 7. The van der Waals surface area contributed by atoms with Crippen molar-refractivity contribution in [3.05, 3.63) is 88.2 Å². The van der Waals surface area contributed by atoms with Crippen molar-refractivity contribution in [1.82, 2.24) is 25.0 Å². The maximum atomic E-state index is 13.4. The van der Waals surface area contributed by atoms with Crippen molar-refractivity contribution >= 4 is 41.1 Å². The van der Waals surface area contributed by atoms with Gasteiger partial charge in [0.05, 0.1) is 11.1 Å². The van der Waals surface area contributed by atoms with E-state index in [2.05, 4.69) is 15.2 Å². The van der Waals surface area contributed by atoms with E-state index in [0.29, 0.717) is 43.3 Å². The van der Waals surface area contributed by atoms with Crippen LogP contribution < -0.4 is 5.32 Å². The first-order valence-electron chi connectivity index (χ1n) is 13.4. The number of piperazine rings is 1. The molecule has 0 spiro atoms. The number of rotatable bonds is 5. The summed E-state index contributed by atoms with van der Waals surface area (Å²) in [6.07, 6.45) is 3.74. The maximum Gasteiger partial charge on any atom is 0.262 e. The quantitative estimate of drug-likeness (QED) is 0.468. The highest BCUT2D eigenvalue weighted by atomic mass is 35.5. The number of halogens is 1. The van der Waals surface area contributed by atoms with Crippen LogP contribution in [-0.4, -0.2) is 81.4 Å². The molecule has 11 heteroatoms. The predicted octanol–water partition coefficient (Wildman–Crippen LogP) is 2.76. The Morgan fingerprint density at radius 1 is 0.902 bits per heavy atom. The number of imide groups is 2. The fraction of sp³-hybridized carbons (Fsp3) is 0.267. The first kappa shape index (κ1) is 26.8. The Hall–Kier alpha value is -4.41. The van der Waals surface area contributed by atoms with Gasteiger partial charge < -0.3 is 4.90 Å². The third kappa shape index (κ3) is 5.12. The van der Waals surface area contributed by atoms with Crippen molar-refractivity contribution in [2.75, 3.05) is 26.2 Å². The average molecular weight is 572 g/mol. The minimum atomic E-state index is -1.05. The summed E-state index contributed by atoms with van der Waals surface area (Å²) in [5.41, 5.74) is 3.75. The molecule has 1 aromatic heterocycles. The molecule has 0 saturated carbocycles. The van der Waals surface area contributed by atoms with Crippen molar-refractivity contribution in [2.24, 2.45) is 0 Å². The summed E-state index contributed by atoms with van der Waals surface area (Å²) in [6, 6.07) is 13.0. The molecule has 6 rings (SSSR count). The second-order valence-corrected chi connectivity index (χ2v) is 10.8. The fourth-order valence-electron chi connectivity index (χ4n) is 5.59. The summed E-state index contributed by atoms with van der Waals surface area (Å²) in [6.45, 7) is 3.05. The number of nitrogens with one attached hydrogen (secondary N) is 1. The maximum absolute atomic E-state index is 13.4. The third-order valence-corrected chi connectivity index (χ3v) is 8.06. The van der Waals surface area contributed by atoms with E-state index < -0.39 is 29.7 Å². The molecule has 3 aromatic rings. The van der Waals surface area contributed by atoms with E-state index >= 15 is 0 Å². The molecule has 41 heavy (non-hydrogen) atoms. The van der Waals surface area contributed by atoms with Gasteiger partial charge in [-0.2, -0.15) is 0 Å². The molecule has 2 saturated heterocycles. The molecule has 1 unspecified atom stereocenters. The minimum absolute atomic E-state index is 0.0448. The Morgan fingerprint density at radius 2 is 1.63 bits per heavy atom. The van der Waals surface area contributed by atoms with Crippen LogP contribution >= 0.6 is 11.6 Å². The molecule has 0 radical (unpaired) electrons. The second-order valence-electron chi connectivity index (χ2n) is 10.3. The van der Waals surface area contributed by atoms with Crippen molar-refractivity contribution in [3.63, 3.8) is 0 Å². The highest BCUT2D eigenvalue weighted by Gasteiger charge is 2.45. The number of piperidine rings is 1. The highest BCUT2D eigenvalue weighted by Crippen LogP contribution is 2.29. The lowest BCUT2D eigenvalue weighted by Gasteiger charge is -2.35. The average Bonchev–Trinajstić information content (AvgIpc) is 3.23. The Labute approximate surface area is 240 Å². The number of nitrogens with zero attached hydrogens (tertiary/aromatic N) is 4. The lowest BCUT2D eigenvalue weighted by Crippen LogP contribution is -2.54. The molecule has 0 bridgehead atoms. The monoisotopic (exact) mass is 571 g/mol. The third-order valence-electron chi connectivity index (χ3n) is 7.81. The van der Waals surface area contributed by atoms with Crippen LogP contribution in [0.3, 0.4) is 0 Å². The predicted molar refractivity (Wildman–Crippen MR) is 149 cm³/mol. The largest absolute Gasteiger partial charge is 0.336 e. The van der Waals surface area contributed by atoms with Crippen LogP contribution in [0.4, 0.5) is 0 Å². The van der Waals surface area contributed by atoms with Crippen molar-refractivity contribution in [3.8, 4) is 11.1 Å². The number of aromatic nitrogens is 1. The number of carbonyl (C=O) groups excluding carboxylic acids is 5. The van der Waals surface area contributed by atoms with E-state index in [1.54, 1.807) is 17.2 Å². The van der Waals surface area contributed by atoms with Gasteiger partial charge in [0.1, 0.15) is 6.04 Å². The van der Waals surface area contributed by atoms with Crippen LogP contribution in [0.5, 0.6) is 0 Å². The zero-order chi connectivity index (χ0) is 28.7. The molecule has 3 aliphatic rings. The summed E-state index contributed by atoms with van der Waals surface area (Å²) >= 11 is 6.05. The standard InChI is InChI=1S/C30H26ClN5O5/c31-21-4-1-18(2-5-21)24-16-32-10-9-20(24)17-34-11-13-35(14-12-34)28(39)19-3-6-22-23(15-19)30(41)36(29(22)40)25-7-8-26(37)33-27(25)38/h1-6,9-10,15-16,25H,7-8,11-14,17H2,(H,33,37,38). The van der Waals surface area contributed by atoms with Crippen LogP contribution in [0, 0.1) is 0 Å². The van der Waals surface area contributed by atoms with Gasteiger partial charge in [-0.25, -0.2) is 0 Å². The summed E-state index contributed by atoms with van der Waals surface area (Å²) in [7, 11) is 0. The molecule has 5 amide bonds. The topological polar surface area (TPSA) is 120 Å². The van der Waals surface area contributed by atoms with Crippen LogP contribution in [0.1, 0.15) is 49.5 Å². The number of amides is 5. The Morgan fingerprint density at radius 3 is 2.37 bits per heavy atom. The van der Waals surface area contributed by atoms with Crippen LogP contribution in [0.15, 0.2) is 60.9 Å². The summed E-state index contributed by atoms with van der Waals surface area (Å²) in [4.78, 5) is 72.5. The Kier molecular flexibility index (Phi) is 7.10. The summed E-state index contributed by atoms with van der Waals surface area (Å²) < 4.78 is 0. The van der Waals surface area contributed by atoms with Gasteiger partial charge in [-0.1, -0.05) is 23.7 Å². The molecule has 4 heterocycles. The number of fused-ring (bicyclic) bond motifs is 1. The van der Waals surface area contributed by atoms with Crippen molar-refractivity contribution in [2.45, 2.75) is 25.4 Å².